The van der Waals surface area contributed by atoms with Crippen LogP contribution in [0.5, 0.6) is 0 Å². The van der Waals surface area contributed by atoms with Gasteiger partial charge in [-0.1, -0.05) is 37.3 Å². The summed E-state index contributed by atoms with van der Waals surface area (Å²) in [5.74, 6) is -0.761. The molecule has 5 heteroatoms. The van der Waals surface area contributed by atoms with Gasteiger partial charge in [0.2, 0.25) is 0 Å². The average Bonchev–Trinajstić information content (AvgIpc) is 3.07. The Bertz CT molecular complexity index is 474. The SMILES string of the molecule is C[C@H]1C[C@]1(CNC(=O)OCc1ccccc1)C(=O)O. The summed E-state index contributed by atoms with van der Waals surface area (Å²) in [7, 11) is 0. The standard InChI is InChI=1S/C14H17NO4/c1-10-7-14(10,12(16)17)9-15-13(18)19-8-11-5-3-2-4-6-11/h2-6,10H,7-9H2,1H3,(H,15,18)(H,16,17)/t10-,14+/m0/s1. The van der Waals surface area contributed by atoms with E-state index >= 15 is 0 Å². The van der Waals surface area contributed by atoms with E-state index in [2.05, 4.69) is 5.32 Å². The summed E-state index contributed by atoms with van der Waals surface area (Å²) in [4.78, 5) is 22.6. The second-order valence-corrected chi connectivity index (χ2v) is 4.98. The molecule has 0 bridgehead atoms. The van der Waals surface area contributed by atoms with Gasteiger partial charge in [0.1, 0.15) is 6.61 Å². The van der Waals surface area contributed by atoms with E-state index in [-0.39, 0.29) is 19.1 Å². The Kier molecular flexibility index (Phi) is 3.74. The van der Waals surface area contributed by atoms with Gasteiger partial charge in [-0.2, -0.15) is 0 Å². The van der Waals surface area contributed by atoms with Gasteiger partial charge in [-0.15, -0.1) is 0 Å². The Morgan fingerprint density at radius 2 is 2.05 bits per heavy atom. The van der Waals surface area contributed by atoms with Gasteiger partial charge in [0.15, 0.2) is 0 Å². The summed E-state index contributed by atoms with van der Waals surface area (Å²) in [6.45, 7) is 2.17. The molecule has 102 valence electrons. The lowest BCUT2D eigenvalue weighted by atomic mass is 10.1. The third kappa shape index (κ3) is 3.05. The first-order valence-electron chi connectivity index (χ1n) is 6.22. The number of carbonyl (C=O) groups is 2. The van der Waals surface area contributed by atoms with E-state index < -0.39 is 17.5 Å². The molecule has 0 unspecified atom stereocenters. The average molecular weight is 263 g/mol. The van der Waals surface area contributed by atoms with Crippen LogP contribution in [0.1, 0.15) is 18.9 Å². The number of aliphatic carboxylic acids is 1. The molecule has 5 nitrogen and oxygen atoms in total. The smallest absolute Gasteiger partial charge is 0.407 e. The predicted molar refractivity (Wildman–Crippen MR) is 68.5 cm³/mol. The fourth-order valence-electron chi connectivity index (χ4n) is 2.11. The Labute approximate surface area is 111 Å². The number of benzene rings is 1. The highest BCUT2D eigenvalue weighted by Crippen LogP contribution is 2.51. The van der Waals surface area contributed by atoms with E-state index in [9.17, 15) is 9.59 Å². The van der Waals surface area contributed by atoms with Crippen molar-refractivity contribution >= 4 is 12.1 Å². The number of carboxylic acids is 1. The van der Waals surface area contributed by atoms with E-state index in [1.807, 2.05) is 37.3 Å². The lowest BCUT2D eigenvalue weighted by molar-refractivity contribution is -0.143. The van der Waals surface area contributed by atoms with Gasteiger partial charge in [-0.25, -0.2) is 4.79 Å². The molecule has 19 heavy (non-hydrogen) atoms. The molecule has 1 aliphatic rings. The third-order valence-corrected chi connectivity index (χ3v) is 3.64. The maximum absolute atomic E-state index is 11.5. The largest absolute Gasteiger partial charge is 0.481 e. The zero-order chi connectivity index (χ0) is 13.9. The first-order valence-corrected chi connectivity index (χ1v) is 6.22. The zero-order valence-electron chi connectivity index (χ0n) is 10.8. The molecular formula is C14H17NO4. The molecule has 0 saturated heterocycles. The number of hydrogen-bond acceptors (Lipinski definition) is 3. The molecule has 0 aromatic heterocycles. The fraction of sp³-hybridized carbons (Fsp3) is 0.429. The van der Waals surface area contributed by atoms with E-state index in [0.29, 0.717) is 6.42 Å². The van der Waals surface area contributed by atoms with Crippen LogP contribution in [-0.4, -0.2) is 23.7 Å². The van der Waals surface area contributed by atoms with Crippen molar-refractivity contribution in [2.24, 2.45) is 11.3 Å². The van der Waals surface area contributed by atoms with E-state index in [1.165, 1.54) is 0 Å². The summed E-state index contributed by atoms with van der Waals surface area (Å²) in [6, 6.07) is 9.32. The van der Waals surface area contributed by atoms with Crippen molar-refractivity contribution in [3.63, 3.8) is 0 Å². The fourth-order valence-corrected chi connectivity index (χ4v) is 2.11. The van der Waals surface area contributed by atoms with Gasteiger partial charge in [0.25, 0.3) is 0 Å². The minimum atomic E-state index is -0.858. The first-order chi connectivity index (χ1) is 9.04. The van der Waals surface area contributed by atoms with Gasteiger partial charge in [-0.3, -0.25) is 4.79 Å². The molecule has 2 N–H and O–H groups in total. The van der Waals surface area contributed by atoms with Crippen LogP contribution in [0.4, 0.5) is 4.79 Å². The highest BCUT2D eigenvalue weighted by molar-refractivity contribution is 5.80. The van der Waals surface area contributed by atoms with Crippen LogP contribution in [0.2, 0.25) is 0 Å². The second kappa shape index (κ2) is 5.30. The minimum absolute atomic E-state index is 0.0967. The molecule has 0 aliphatic heterocycles. The van der Waals surface area contributed by atoms with Crippen LogP contribution in [0.3, 0.4) is 0 Å². The summed E-state index contributed by atoms with van der Waals surface area (Å²) in [5, 5.41) is 11.6. The maximum Gasteiger partial charge on any atom is 0.407 e. The molecule has 0 heterocycles. The van der Waals surface area contributed by atoms with Crippen LogP contribution in [0.15, 0.2) is 30.3 Å². The molecule has 0 radical (unpaired) electrons. The van der Waals surface area contributed by atoms with E-state index in [1.54, 1.807) is 0 Å². The second-order valence-electron chi connectivity index (χ2n) is 4.98. The number of nitrogens with one attached hydrogen (secondary N) is 1. The molecule has 1 saturated carbocycles. The number of alkyl carbamates (subject to hydrolysis) is 1. The van der Waals surface area contributed by atoms with Crippen molar-refractivity contribution in [2.75, 3.05) is 6.54 Å². The van der Waals surface area contributed by atoms with Crippen LogP contribution in [0.25, 0.3) is 0 Å². The van der Waals surface area contributed by atoms with Gasteiger partial charge >= 0.3 is 12.1 Å². The Morgan fingerprint density at radius 3 is 2.58 bits per heavy atom. The van der Waals surface area contributed by atoms with Gasteiger partial charge in [-0.05, 0) is 17.9 Å². The molecule has 1 aromatic carbocycles. The zero-order valence-corrected chi connectivity index (χ0v) is 10.8. The Balaban J connectivity index is 1.75. The Hall–Kier alpha value is -2.04. The third-order valence-electron chi connectivity index (χ3n) is 3.64. The van der Waals surface area contributed by atoms with Gasteiger partial charge in [0.05, 0.1) is 5.41 Å². The highest BCUT2D eigenvalue weighted by Gasteiger charge is 2.57. The predicted octanol–water partition coefficient (Wildman–Crippen LogP) is 2.02. The molecule has 1 fully saturated rings. The summed E-state index contributed by atoms with van der Waals surface area (Å²) in [6.07, 6.45) is 0.0185. The number of rotatable bonds is 5. The molecule has 0 spiro atoms. The molecule has 1 aromatic rings. The van der Waals surface area contributed by atoms with Crippen LogP contribution >= 0.6 is 0 Å². The summed E-state index contributed by atoms with van der Waals surface area (Å²) >= 11 is 0. The van der Waals surface area contributed by atoms with E-state index in [0.717, 1.165) is 5.56 Å². The highest BCUT2D eigenvalue weighted by atomic mass is 16.5. The lowest BCUT2D eigenvalue weighted by Gasteiger charge is -2.12. The number of carbonyl (C=O) groups excluding carboxylic acids is 1. The van der Waals surface area contributed by atoms with Gasteiger partial charge < -0.3 is 15.2 Å². The molecular weight excluding hydrogens is 246 g/mol. The molecule has 2 rings (SSSR count). The summed E-state index contributed by atoms with van der Waals surface area (Å²) in [5.41, 5.74) is 0.0940. The molecule has 1 amide bonds. The van der Waals surface area contributed by atoms with Crippen LogP contribution < -0.4 is 5.32 Å². The molecule has 2 atom stereocenters. The number of ether oxygens (including phenoxy) is 1. The Morgan fingerprint density at radius 1 is 1.42 bits per heavy atom. The topological polar surface area (TPSA) is 75.6 Å². The number of amides is 1. The molecule has 1 aliphatic carbocycles. The number of carboxylic acid groups (broad SMARTS) is 1. The monoisotopic (exact) mass is 263 g/mol. The van der Waals surface area contributed by atoms with Crippen molar-refractivity contribution in [3.8, 4) is 0 Å². The van der Waals surface area contributed by atoms with Crippen molar-refractivity contribution in [1.82, 2.24) is 5.32 Å². The van der Waals surface area contributed by atoms with Gasteiger partial charge in [0, 0.05) is 6.54 Å². The quantitative estimate of drug-likeness (QED) is 0.852. The van der Waals surface area contributed by atoms with Crippen molar-refractivity contribution in [1.29, 1.82) is 0 Å². The minimum Gasteiger partial charge on any atom is -0.481 e. The van der Waals surface area contributed by atoms with Crippen molar-refractivity contribution < 1.29 is 19.4 Å². The first kappa shape index (κ1) is 13.4. The van der Waals surface area contributed by atoms with Crippen LogP contribution in [-0.2, 0) is 16.1 Å². The maximum atomic E-state index is 11.5. The van der Waals surface area contributed by atoms with Crippen molar-refractivity contribution in [2.45, 2.75) is 20.0 Å². The normalized spacial score (nSPS) is 24.6. The van der Waals surface area contributed by atoms with E-state index in [4.69, 9.17) is 9.84 Å². The van der Waals surface area contributed by atoms with Crippen LogP contribution in [0, 0.1) is 11.3 Å². The van der Waals surface area contributed by atoms with Crippen molar-refractivity contribution in [3.05, 3.63) is 35.9 Å². The lowest BCUT2D eigenvalue weighted by Crippen LogP contribution is -2.35. The number of hydrogen-bond donors (Lipinski definition) is 2. The summed E-state index contributed by atoms with van der Waals surface area (Å²) < 4.78 is 5.02.